The van der Waals surface area contributed by atoms with Crippen LogP contribution in [-0.4, -0.2) is 22.2 Å². The first-order chi connectivity index (χ1) is 11.2. The lowest BCUT2D eigenvalue weighted by Gasteiger charge is -2.04. The van der Waals surface area contributed by atoms with Crippen LogP contribution in [0.1, 0.15) is 15.9 Å². The van der Waals surface area contributed by atoms with Crippen LogP contribution in [-0.2, 0) is 6.42 Å². The van der Waals surface area contributed by atoms with Gasteiger partial charge in [0, 0.05) is 22.8 Å². The molecule has 1 aromatic heterocycles. The van der Waals surface area contributed by atoms with E-state index in [1.807, 2.05) is 65.6 Å². The molecule has 3 aromatic rings. The summed E-state index contributed by atoms with van der Waals surface area (Å²) in [6, 6.07) is 17.3. The lowest BCUT2D eigenvalue weighted by molar-refractivity contribution is 0.0954. The molecule has 0 saturated carbocycles. The third kappa shape index (κ3) is 4.07. The van der Waals surface area contributed by atoms with Gasteiger partial charge in [0.05, 0.1) is 11.9 Å². The second-order valence-electron chi connectivity index (χ2n) is 5.14. The first-order valence-electron chi connectivity index (χ1n) is 7.35. The molecule has 0 aliphatic heterocycles. The molecule has 23 heavy (non-hydrogen) atoms. The predicted octanol–water partition coefficient (Wildman–Crippen LogP) is 3.61. The molecule has 0 spiro atoms. The predicted molar refractivity (Wildman–Crippen MR) is 93.7 cm³/mol. The Morgan fingerprint density at radius 2 is 1.96 bits per heavy atom. The summed E-state index contributed by atoms with van der Waals surface area (Å²) >= 11 is 3.37. The van der Waals surface area contributed by atoms with Gasteiger partial charge in [-0.2, -0.15) is 5.10 Å². The van der Waals surface area contributed by atoms with Gasteiger partial charge >= 0.3 is 0 Å². The number of benzene rings is 2. The van der Waals surface area contributed by atoms with Gasteiger partial charge in [-0.05, 0) is 42.3 Å². The van der Waals surface area contributed by atoms with Crippen molar-refractivity contribution in [3.63, 3.8) is 0 Å². The van der Waals surface area contributed by atoms with Crippen molar-refractivity contribution < 1.29 is 4.79 Å². The molecule has 116 valence electrons. The zero-order chi connectivity index (χ0) is 16.1. The SMILES string of the molecule is O=C(NCCc1cnn(-c2ccccc2)c1)c1cccc(Br)c1. The van der Waals surface area contributed by atoms with Gasteiger partial charge in [0.25, 0.3) is 5.91 Å². The fourth-order valence-corrected chi connectivity index (χ4v) is 2.66. The highest BCUT2D eigenvalue weighted by Gasteiger charge is 2.06. The summed E-state index contributed by atoms with van der Waals surface area (Å²) < 4.78 is 2.74. The van der Waals surface area contributed by atoms with E-state index in [1.165, 1.54) is 0 Å². The summed E-state index contributed by atoms with van der Waals surface area (Å²) in [4.78, 5) is 12.1. The van der Waals surface area contributed by atoms with Gasteiger partial charge in [-0.1, -0.05) is 40.2 Å². The Kier molecular flexibility index (Phi) is 4.88. The van der Waals surface area contributed by atoms with Gasteiger partial charge in [-0.15, -0.1) is 0 Å². The van der Waals surface area contributed by atoms with Gasteiger partial charge in [0.2, 0.25) is 0 Å². The number of hydrogen-bond acceptors (Lipinski definition) is 2. The van der Waals surface area contributed by atoms with E-state index < -0.39 is 0 Å². The Bertz CT molecular complexity index is 799. The Hall–Kier alpha value is -2.40. The van der Waals surface area contributed by atoms with Crippen LogP contribution in [0.2, 0.25) is 0 Å². The number of para-hydroxylation sites is 1. The Balaban J connectivity index is 1.55. The third-order valence-electron chi connectivity index (χ3n) is 3.44. The fraction of sp³-hybridized carbons (Fsp3) is 0.111. The molecule has 4 nitrogen and oxygen atoms in total. The molecule has 0 unspecified atom stereocenters. The van der Waals surface area contributed by atoms with E-state index in [0.29, 0.717) is 12.1 Å². The quantitative estimate of drug-likeness (QED) is 0.746. The van der Waals surface area contributed by atoms with Crippen LogP contribution in [0.25, 0.3) is 5.69 Å². The average Bonchev–Trinajstić information content (AvgIpc) is 3.04. The molecular weight excluding hydrogens is 354 g/mol. The lowest BCUT2D eigenvalue weighted by Crippen LogP contribution is -2.25. The molecule has 0 saturated heterocycles. The molecule has 1 amide bonds. The summed E-state index contributed by atoms with van der Waals surface area (Å²) in [5, 5.41) is 7.28. The Labute approximate surface area is 143 Å². The Morgan fingerprint density at radius 1 is 1.13 bits per heavy atom. The van der Waals surface area contributed by atoms with Crippen LogP contribution in [0, 0.1) is 0 Å². The van der Waals surface area contributed by atoms with Crippen molar-refractivity contribution in [3.8, 4) is 5.69 Å². The Morgan fingerprint density at radius 3 is 2.74 bits per heavy atom. The lowest BCUT2D eigenvalue weighted by atomic mass is 10.2. The normalized spacial score (nSPS) is 10.5. The standard InChI is InChI=1S/C18H16BrN3O/c19-16-6-4-5-15(11-16)18(23)20-10-9-14-12-21-22(13-14)17-7-2-1-3-8-17/h1-8,11-13H,9-10H2,(H,20,23). The van der Waals surface area contributed by atoms with E-state index in [0.717, 1.165) is 22.1 Å². The van der Waals surface area contributed by atoms with E-state index >= 15 is 0 Å². The van der Waals surface area contributed by atoms with Crippen LogP contribution in [0.5, 0.6) is 0 Å². The summed E-state index contributed by atoms with van der Waals surface area (Å²) in [5.74, 6) is -0.0678. The third-order valence-corrected chi connectivity index (χ3v) is 3.94. The van der Waals surface area contributed by atoms with Crippen molar-refractivity contribution >= 4 is 21.8 Å². The second kappa shape index (κ2) is 7.24. The highest BCUT2D eigenvalue weighted by molar-refractivity contribution is 9.10. The number of amides is 1. The van der Waals surface area contributed by atoms with Gasteiger partial charge in [0.1, 0.15) is 0 Å². The molecule has 0 atom stereocenters. The van der Waals surface area contributed by atoms with Crippen molar-refractivity contribution in [2.24, 2.45) is 0 Å². The zero-order valence-electron chi connectivity index (χ0n) is 12.4. The number of carbonyl (C=O) groups excluding carboxylic acids is 1. The van der Waals surface area contributed by atoms with Gasteiger partial charge in [-0.25, -0.2) is 4.68 Å². The molecule has 5 heteroatoms. The monoisotopic (exact) mass is 369 g/mol. The molecule has 1 N–H and O–H groups in total. The van der Waals surface area contributed by atoms with E-state index in [2.05, 4.69) is 26.3 Å². The van der Waals surface area contributed by atoms with Crippen molar-refractivity contribution in [2.75, 3.05) is 6.54 Å². The van der Waals surface area contributed by atoms with Crippen molar-refractivity contribution in [1.82, 2.24) is 15.1 Å². The number of nitrogens with one attached hydrogen (secondary N) is 1. The van der Waals surface area contributed by atoms with E-state index in [-0.39, 0.29) is 5.91 Å². The number of hydrogen-bond donors (Lipinski definition) is 1. The number of halogens is 1. The minimum absolute atomic E-state index is 0.0678. The van der Waals surface area contributed by atoms with Crippen LogP contribution < -0.4 is 5.32 Å². The molecule has 1 heterocycles. The van der Waals surface area contributed by atoms with E-state index in [1.54, 1.807) is 6.07 Å². The molecule has 3 rings (SSSR count). The number of aromatic nitrogens is 2. The van der Waals surface area contributed by atoms with Crippen LogP contribution in [0.4, 0.5) is 0 Å². The zero-order valence-corrected chi connectivity index (χ0v) is 14.0. The molecule has 0 bridgehead atoms. The largest absolute Gasteiger partial charge is 0.352 e. The average molecular weight is 370 g/mol. The maximum atomic E-state index is 12.1. The van der Waals surface area contributed by atoms with Crippen molar-refractivity contribution in [1.29, 1.82) is 0 Å². The summed E-state index contributed by atoms with van der Waals surface area (Å²) in [6.07, 6.45) is 4.56. The molecule has 0 aliphatic rings. The number of carbonyl (C=O) groups is 1. The summed E-state index contributed by atoms with van der Waals surface area (Å²) in [6.45, 7) is 0.575. The van der Waals surface area contributed by atoms with Crippen LogP contribution >= 0.6 is 15.9 Å². The van der Waals surface area contributed by atoms with Gasteiger partial charge in [-0.3, -0.25) is 4.79 Å². The first-order valence-corrected chi connectivity index (χ1v) is 8.14. The minimum atomic E-state index is -0.0678. The van der Waals surface area contributed by atoms with Crippen LogP contribution in [0.15, 0.2) is 71.5 Å². The topological polar surface area (TPSA) is 46.9 Å². The molecule has 2 aromatic carbocycles. The highest BCUT2D eigenvalue weighted by Crippen LogP contribution is 2.11. The smallest absolute Gasteiger partial charge is 0.251 e. The summed E-state index contributed by atoms with van der Waals surface area (Å²) in [7, 11) is 0. The number of nitrogens with zero attached hydrogens (tertiary/aromatic N) is 2. The summed E-state index contributed by atoms with van der Waals surface area (Å²) in [5.41, 5.74) is 2.76. The molecule has 0 radical (unpaired) electrons. The first kappa shape index (κ1) is 15.5. The maximum absolute atomic E-state index is 12.1. The van der Waals surface area contributed by atoms with Crippen LogP contribution in [0.3, 0.4) is 0 Å². The molecule has 0 fully saturated rings. The minimum Gasteiger partial charge on any atom is -0.352 e. The highest BCUT2D eigenvalue weighted by atomic mass is 79.9. The van der Waals surface area contributed by atoms with Gasteiger partial charge < -0.3 is 5.32 Å². The van der Waals surface area contributed by atoms with E-state index in [4.69, 9.17) is 0 Å². The van der Waals surface area contributed by atoms with Gasteiger partial charge in [0.15, 0.2) is 0 Å². The second-order valence-corrected chi connectivity index (χ2v) is 6.06. The number of rotatable bonds is 5. The fourth-order valence-electron chi connectivity index (χ4n) is 2.26. The molecular formula is C18H16BrN3O. The molecule has 0 aliphatic carbocycles. The van der Waals surface area contributed by atoms with E-state index in [9.17, 15) is 4.79 Å². The van der Waals surface area contributed by atoms with Crippen molar-refractivity contribution in [2.45, 2.75) is 6.42 Å². The maximum Gasteiger partial charge on any atom is 0.251 e. The van der Waals surface area contributed by atoms with Crippen molar-refractivity contribution in [3.05, 3.63) is 82.6 Å².